The van der Waals surface area contributed by atoms with Gasteiger partial charge in [-0.05, 0) is 6.42 Å². The van der Waals surface area contributed by atoms with E-state index < -0.39 is 12.0 Å². The number of aliphatic carboxylic acids is 1. The number of carboxylic acid groups (broad SMARTS) is 1. The Morgan fingerprint density at radius 2 is 2.18 bits per heavy atom. The molecule has 2 N–H and O–H groups in total. The topological polar surface area (TPSA) is 86.7 Å². The molecule has 0 aromatic heterocycles. The Morgan fingerprint density at radius 1 is 1.47 bits per heavy atom. The van der Waals surface area contributed by atoms with Crippen LogP contribution in [0, 0.1) is 0 Å². The van der Waals surface area contributed by atoms with Crippen molar-refractivity contribution >= 4 is 17.8 Å². The lowest BCUT2D eigenvalue weighted by Crippen LogP contribution is -2.59. The zero-order valence-electron chi connectivity index (χ0n) is 9.94. The Balaban J connectivity index is 2.59. The second-order valence-electron chi connectivity index (χ2n) is 4.14. The molecule has 0 aromatic carbocycles. The standard InChI is InChI=1S/C11H18N2O4/c1-2-3-4-5-10(15)13-7-9(14)12-6-8(13)11(16)17/h8H,2-7H2,1H3,(H,12,14)(H,16,17). The Kier molecular flexibility index (Phi) is 4.93. The summed E-state index contributed by atoms with van der Waals surface area (Å²) >= 11 is 0. The summed E-state index contributed by atoms with van der Waals surface area (Å²) in [5.41, 5.74) is 0. The minimum absolute atomic E-state index is 0.00627. The number of nitrogens with zero attached hydrogens (tertiary/aromatic N) is 1. The molecule has 1 rings (SSSR count). The van der Waals surface area contributed by atoms with Crippen molar-refractivity contribution in [1.29, 1.82) is 0 Å². The molecule has 17 heavy (non-hydrogen) atoms. The number of unbranched alkanes of at least 4 members (excludes halogenated alkanes) is 2. The Bertz CT molecular complexity index is 317. The van der Waals surface area contributed by atoms with Crippen LogP contribution in [0.25, 0.3) is 0 Å². The summed E-state index contributed by atoms with van der Waals surface area (Å²) in [7, 11) is 0. The number of carboxylic acids is 1. The highest BCUT2D eigenvalue weighted by atomic mass is 16.4. The molecule has 1 unspecified atom stereocenters. The van der Waals surface area contributed by atoms with Crippen LogP contribution >= 0.6 is 0 Å². The number of rotatable bonds is 5. The van der Waals surface area contributed by atoms with E-state index in [0.717, 1.165) is 24.2 Å². The van der Waals surface area contributed by atoms with Crippen molar-refractivity contribution in [2.75, 3.05) is 13.1 Å². The zero-order chi connectivity index (χ0) is 12.8. The van der Waals surface area contributed by atoms with Crippen LogP contribution in [-0.4, -0.2) is 46.9 Å². The molecule has 1 saturated heterocycles. The van der Waals surface area contributed by atoms with Crippen LogP contribution < -0.4 is 5.32 Å². The number of nitrogens with one attached hydrogen (secondary N) is 1. The van der Waals surface area contributed by atoms with E-state index in [2.05, 4.69) is 5.32 Å². The van der Waals surface area contributed by atoms with Crippen molar-refractivity contribution < 1.29 is 19.5 Å². The van der Waals surface area contributed by atoms with Gasteiger partial charge in [0, 0.05) is 13.0 Å². The normalized spacial score (nSPS) is 19.9. The first kappa shape index (κ1) is 13.5. The molecule has 1 atom stereocenters. The minimum Gasteiger partial charge on any atom is -0.480 e. The number of amides is 2. The highest BCUT2D eigenvalue weighted by molar-refractivity contribution is 5.91. The van der Waals surface area contributed by atoms with Gasteiger partial charge < -0.3 is 15.3 Å². The number of piperazine rings is 1. The largest absolute Gasteiger partial charge is 0.480 e. The molecule has 0 saturated carbocycles. The van der Waals surface area contributed by atoms with Crippen LogP contribution in [0.1, 0.15) is 32.6 Å². The second kappa shape index (κ2) is 6.22. The van der Waals surface area contributed by atoms with Crippen LogP contribution in [0.2, 0.25) is 0 Å². The molecular weight excluding hydrogens is 224 g/mol. The second-order valence-corrected chi connectivity index (χ2v) is 4.14. The number of carbonyl (C=O) groups excluding carboxylic acids is 2. The highest BCUT2D eigenvalue weighted by Crippen LogP contribution is 2.09. The third kappa shape index (κ3) is 3.72. The monoisotopic (exact) mass is 242 g/mol. The third-order valence-corrected chi connectivity index (χ3v) is 2.78. The summed E-state index contributed by atoms with van der Waals surface area (Å²) in [6, 6.07) is -0.929. The molecule has 1 aliphatic heterocycles. The van der Waals surface area contributed by atoms with Gasteiger partial charge in [0.15, 0.2) is 0 Å². The lowest BCUT2D eigenvalue weighted by molar-refractivity contribution is -0.154. The molecule has 1 heterocycles. The van der Waals surface area contributed by atoms with E-state index in [1.165, 1.54) is 0 Å². The van der Waals surface area contributed by atoms with E-state index in [9.17, 15) is 14.4 Å². The van der Waals surface area contributed by atoms with Gasteiger partial charge in [-0.3, -0.25) is 9.59 Å². The van der Waals surface area contributed by atoms with Crippen LogP contribution in [-0.2, 0) is 14.4 Å². The van der Waals surface area contributed by atoms with Gasteiger partial charge in [0.1, 0.15) is 12.6 Å². The van der Waals surface area contributed by atoms with Crippen LogP contribution in [0.4, 0.5) is 0 Å². The molecule has 0 bridgehead atoms. The lowest BCUT2D eigenvalue weighted by Gasteiger charge is -2.32. The van der Waals surface area contributed by atoms with E-state index in [1.54, 1.807) is 0 Å². The molecule has 6 nitrogen and oxygen atoms in total. The van der Waals surface area contributed by atoms with E-state index in [1.807, 2.05) is 6.92 Å². The average Bonchev–Trinajstić information content (AvgIpc) is 2.28. The van der Waals surface area contributed by atoms with Crippen molar-refractivity contribution in [3.8, 4) is 0 Å². The van der Waals surface area contributed by atoms with E-state index >= 15 is 0 Å². The molecule has 1 aliphatic rings. The molecule has 0 aliphatic carbocycles. The highest BCUT2D eigenvalue weighted by Gasteiger charge is 2.34. The first-order valence-electron chi connectivity index (χ1n) is 5.85. The Hall–Kier alpha value is -1.59. The SMILES string of the molecule is CCCCCC(=O)N1CC(=O)NCC1C(=O)O. The molecule has 0 radical (unpaired) electrons. The summed E-state index contributed by atoms with van der Waals surface area (Å²) in [6.45, 7) is 1.87. The third-order valence-electron chi connectivity index (χ3n) is 2.78. The van der Waals surface area contributed by atoms with Gasteiger partial charge in [0.25, 0.3) is 0 Å². The van der Waals surface area contributed by atoms with Crippen LogP contribution in [0.3, 0.4) is 0 Å². The quantitative estimate of drug-likeness (QED) is 0.663. The molecule has 0 spiro atoms. The fourth-order valence-electron chi connectivity index (χ4n) is 1.79. The maximum atomic E-state index is 11.8. The predicted octanol–water partition coefficient (Wildman–Crippen LogP) is -0.0217. The van der Waals surface area contributed by atoms with E-state index in [4.69, 9.17) is 5.11 Å². The van der Waals surface area contributed by atoms with Gasteiger partial charge in [-0.25, -0.2) is 4.79 Å². The minimum atomic E-state index is -1.08. The summed E-state index contributed by atoms with van der Waals surface area (Å²) in [6.07, 6.45) is 2.98. The Labute approximate surface area is 100.0 Å². The van der Waals surface area contributed by atoms with Crippen molar-refractivity contribution in [3.05, 3.63) is 0 Å². The lowest BCUT2D eigenvalue weighted by atomic mass is 10.1. The number of hydrogen-bond acceptors (Lipinski definition) is 3. The van der Waals surface area contributed by atoms with Crippen LogP contribution in [0.15, 0.2) is 0 Å². The molecule has 1 fully saturated rings. The summed E-state index contributed by atoms with van der Waals surface area (Å²) in [5.74, 6) is -1.62. The van der Waals surface area contributed by atoms with Gasteiger partial charge in [-0.2, -0.15) is 0 Å². The van der Waals surface area contributed by atoms with Crippen molar-refractivity contribution in [3.63, 3.8) is 0 Å². The molecule has 2 amide bonds. The maximum Gasteiger partial charge on any atom is 0.328 e. The fraction of sp³-hybridized carbons (Fsp3) is 0.727. The summed E-state index contributed by atoms with van der Waals surface area (Å²) in [4.78, 5) is 35.1. The zero-order valence-corrected chi connectivity index (χ0v) is 9.94. The number of carbonyl (C=O) groups is 3. The first-order chi connectivity index (χ1) is 8.06. The van der Waals surface area contributed by atoms with Crippen molar-refractivity contribution in [2.24, 2.45) is 0 Å². The van der Waals surface area contributed by atoms with Gasteiger partial charge in [-0.15, -0.1) is 0 Å². The average molecular weight is 242 g/mol. The van der Waals surface area contributed by atoms with Crippen molar-refractivity contribution in [2.45, 2.75) is 38.6 Å². The maximum absolute atomic E-state index is 11.8. The van der Waals surface area contributed by atoms with E-state index in [0.29, 0.717) is 6.42 Å². The van der Waals surface area contributed by atoms with E-state index in [-0.39, 0.29) is 24.9 Å². The summed E-state index contributed by atoms with van der Waals surface area (Å²) < 4.78 is 0. The number of hydrogen-bond donors (Lipinski definition) is 2. The molecule has 6 heteroatoms. The van der Waals surface area contributed by atoms with Gasteiger partial charge in [0.05, 0.1) is 0 Å². The predicted molar refractivity (Wildman–Crippen MR) is 60.3 cm³/mol. The van der Waals surface area contributed by atoms with Crippen LogP contribution in [0.5, 0.6) is 0 Å². The molecular formula is C11H18N2O4. The van der Waals surface area contributed by atoms with Gasteiger partial charge >= 0.3 is 5.97 Å². The van der Waals surface area contributed by atoms with Crippen molar-refractivity contribution in [1.82, 2.24) is 10.2 Å². The van der Waals surface area contributed by atoms with Gasteiger partial charge in [-0.1, -0.05) is 19.8 Å². The van der Waals surface area contributed by atoms with Gasteiger partial charge in [0.2, 0.25) is 11.8 Å². The fourth-order valence-corrected chi connectivity index (χ4v) is 1.79. The first-order valence-corrected chi connectivity index (χ1v) is 5.85. The Morgan fingerprint density at radius 3 is 2.76 bits per heavy atom. The smallest absolute Gasteiger partial charge is 0.328 e. The molecule has 0 aromatic rings. The summed E-state index contributed by atoms with van der Waals surface area (Å²) in [5, 5.41) is 11.4. The molecule has 96 valence electrons.